The summed E-state index contributed by atoms with van der Waals surface area (Å²) in [5.41, 5.74) is 7.29. The molecule has 0 heterocycles. The van der Waals surface area contributed by atoms with E-state index < -0.39 is 0 Å². The molecule has 0 aliphatic rings. The molecule has 0 aliphatic carbocycles. The Balaban J connectivity index is 2.97. The lowest BCUT2D eigenvalue weighted by molar-refractivity contribution is 1.63. The summed E-state index contributed by atoms with van der Waals surface area (Å²) in [5, 5.41) is 0.679. The van der Waals surface area contributed by atoms with E-state index in [9.17, 15) is 0 Å². The molecule has 12 heavy (non-hydrogen) atoms. The first-order chi connectivity index (χ1) is 5.74. The highest BCUT2D eigenvalue weighted by Crippen LogP contribution is 2.18. The largest absolute Gasteiger partial charge is 0.398 e. The van der Waals surface area contributed by atoms with Crippen LogP contribution < -0.4 is 5.73 Å². The van der Waals surface area contributed by atoms with Gasteiger partial charge in [-0.05, 0) is 23.8 Å². The second-order valence-corrected chi connectivity index (χ2v) is 3.07. The number of anilines is 1. The summed E-state index contributed by atoms with van der Waals surface area (Å²) >= 11 is 11.3. The summed E-state index contributed by atoms with van der Waals surface area (Å²) in [7, 11) is 0. The van der Waals surface area contributed by atoms with Gasteiger partial charge in [0.15, 0.2) is 0 Å². The van der Waals surface area contributed by atoms with Crippen LogP contribution in [-0.4, -0.2) is 5.88 Å². The third kappa shape index (κ3) is 2.43. The number of benzene rings is 1. The van der Waals surface area contributed by atoms with Crippen molar-refractivity contribution in [2.45, 2.75) is 0 Å². The van der Waals surface area contributed by atoms with E-state index >= 15 is 0 Å². The molecule has 0 radical (unpaired) electrons. The van der Waals surface area contributed by atoms with Crippen molar-refractivity contribution >= 4 is 35.0 Å². The second-order valence-electron chi connectivity index (χ2n) is 2.33. The first kappa shape index (κ1) is 9.43. The van der Waals surface area contributed by atoms with Crippen LogP contribution in [0, 0.1) is 0 Å². The molecule has 1 rings (SSSR count). The third-order valence-electron chi connectivity index (χ3n) is 1.44. The first-order valence-electron chi connectivity index (χ1n) is 3.51. The highest BCUT2D eigenvalue weighted by Gasteiger charge is 1.94. The van der Waals surface area contributed by atoms with Crippen LogP contribution in [0.5, 0.6) is 0 Å². The number of hydrogen-bond acceptors (Lipinski definition) is 1. The molecule has 1 aromatic carbocycles. The van der Waals surface area contributed by atoms with E-state index in [-0.39, 0.29) is 0 Å². The molecule has 0 bridgehead atoms. The lowest BCUT2D eigenvalue weighted by Gasteiger charge is -1.99. The van der Waals surface area contributed by atoms with Crippen LogP contribution in [0.15, 0.2) is 24.3 Å². The summed E-state index contributed by atoms with van der Waals surface area (Å²) in [6, 6.07) is 5.34. The number of alkyl halides is 1. The van der Waals surface area contributed by atoms with Gasteiger partial charge in [-0.15, -0.1) is 11.6 Å². The molecule has 0 unspecified atom stereocenters. The molecule has 0 aliphatic heterocycles. The van der Waals surface area contributed by atoms with Gasteiger partial charge in [0.2, 0.25) is 0 Å². The SMILES string of the molecule is Nc1ccc(Cl)cc1C=CCCl. The molecular formula is C9H9Cl2N. The molecule has 1 aromatic rings. The average molecular weight is 202 g/mol. The van der Waals surface area contributed by atoms with Crippen molar-refractivity contribution in [3.8, 4) is 0 Å². The van der Waals surface area contributed by atoms with Crippen LogP contribution in [0.3, 0.4) is 0 Å². The molecule has 0 atom stereocenters. The Morgan fingerprint density at radius 1 is 1.42 bits per heavy atom. The van der Waals surface area contributed by atoms with Gasteiger partial charge in [0, 0.05) is 16.6 Å². The monoisotopic (exact) mass is 201 g/mol. The lowest BCUT2D eigenvalue weighted by Crippen LogP contribution is -1.88. The van der Waals surface area contributed by atoms with E-state index in [1.165, 1.54) is 0 Å². The first-order valence-corrected chi connectivity index (χ1v) is 4.43. The van der Waals surface area contributed by atoms with E-state index in [1.54, 1.807) is 18.2 Å². The van der Waals surface area contributed by atoms with Crippen LogP contribution in [0.1, 0.15) is 5.56 Å². The molecule has 1 nitrogen and oxygen atoms in total. The maximum absolute atomic E-state index is 5.77. The van der Waals surface area contributed by atoms with Crippen molar-refractivity contribution in [3.63, 3.8) is 0 Å². The van der Waals surface area contributed by atoms with Crippen LogP contribution in [-0.2, 0) is 0 Å². The fraction of sp³-hybridized carbons (Fsp3) is 0.111. The molecule has 64 valence electrons. The Labute approximate surface area is 81.8 Å². The van der Waals surface area contributed by atoms with Crippen LogP contribution in [0.4, 0.5) is 5.69 Å². The third-order valence-corrected chi connectivity index (χ3v) is 1.85. The second kappa shape index (κ2) is 4.39. The van der Waals surface area contributed by atoms with Gasteiger partial charge >= 0.3 is 0 Å². The van der Waals surface area contributed by atoms with E-state index in [0.717, 1.165) is 5.56 Å². The van der Waals surface area contributed by atoms with E-state index in [0.29, 0.717) is 16.6 Å². The number of rotatable bonds is 2. The number of nitrogens with two attached hydrogens (primary N) is 1. The summed E-state index contributed by atoms with van der Waals surface area (Å²) in [5.74, 6) is 0.478. The maximum atomic E-state index is 5.77. The predicted molar refractivity (Wildman–Crippen MR) is 55.6 cm³/mol. The number of hydrogen-bond donors (Lipinski definition) is 1. The van der Waals surface area contributed by atoms with Crippen molar-refractivity contribution in [1.82, 2.24) is 0 Å². The Kier molecular flexibility index (Phi) is 3.45. The lowest BCUT2D eigenvalue weighted by atomic mass is 10.2. The van der Waals surface area contributed by atoms with Crippen LogP contribution in [0.25, 0.3) is 6.08 Å². The minimum absolute atomic E-state index is 0.478. The molecule has 2 N–H and O–H groups in total. The Hall–Kier alpha value is -0.660. The fourth-order valence-electron chi connectivity index (χ4n) is 0.861. The topological polar surface area (TPSA) is 26.0 Å². The fourth-order valence-corrected chi connectivity index (χ4v) is 1.13. The highest BCUT2D eigenvalue weighted by molar-refractivity contribution is 6.30. The van der Waals surface area contributed by atoms with Crippen molar-refractivity contribution in [2.24, 2.45) is 0 Å². The highest BCUT2D eigenvalue weighted by atomic mass is 35.5. The zero-order chi connectivity index (χ0) is 8.97. The van der Waals surface area contributed by atoms with Crippen LogP contribution >= 0.6 is 23.2 Å². The molecule has 0 aromatic heterocycles. The molecule has 0 saturated carbocycles. The van der Waals surface area contributed by atoms with Gasteiger partial charge in [-0.25, -0.2) is 0 Å². The zero-order valence-electron chi connectivity index (χ0n) is 6.43. The molecule has 0 spiro atoms. The standard InChI is InChI=1S/C9H9Cl2N/c10-5-1-2-7-6-8(11)3-4-9(7)12/h1-4,6H,5,12H2. The minimum Gasteiger partial charge on any atom is -0.398 e. The van der Waals surface area contributed by atoms with E-state index in [4.69, 9.17) is 28.9 Å². The molecular weight excluding hydrogens is 193 g/mol. The number of nitrogen functional groups attached to an aromatic ring is 1. The van der Waals surface area contributed by atoms with Gasteiger partial charge in [-0.2, -0.15) is 0 Å². The Morgan fingerprint density at radius 2 is 2.17 bits per heavy atom. The smallest absolute Gasteiger partial charge is 0.0413 e. The van der Waals surface area contributed by atoms with Crippen molar-refractivity contribution < 1.29 is 0 Å². The number of halogens is 2. The van der Waals surface area contributed by atoms with Crippen LogP contribution in [0.2, 0.25) is 5.02 Å². The van der Waals surface area contributed by atoms with Gasteiger partial charge in [-0.3, -0.25) is 0 Å². The number of allylic oxidation sites excluding steroid dienone is 1. The quantitative estimate of drug-likeness (QED) is 0.578. The van der Waals surface area contributed by atoms with Crippen molar-refractivity contribution in [3.05, 3.63) is 34.9 Å². The molecule has 0 amide bonds. The summed E-state index contributed by atoms with van der Waals surface area (Å²) in [6.45, 7) is 0. The van der Waals surface area contributed by atoms with Crippen molar-refractivity contribution in [2.75, 3.05) is 11.6 Å². The van der Waals surface area contributed by atoms with Gasteiger partial charge in [0.25, 0.3) is 0 Å². The van der Waals surface area contributed by atoms with Gasteiger partial charge in [0.05, 0.1) is 0 Å². The van der Waals surface area contributed by atoms with Gasteiger partial charge < -0.3 is 5.73 Å². The maximum Gasteiger partial charge on any atom is 0.0413 e. The Morgan fingerprint density at radius 3 is 2.83 bits per heavy atom. The van der Waals surface area contributed by atoms with E-state index in [1.807, 2.05) is 12.2 Å². The summed E-state index contributed by atoms with van der Waals surface area (Å²) < 4.78 is 0. The summed E-state index contributed by atoms with van der Waals surface area (Å²) in [4.78, 5) is 0. The molecule has 0 saturated heterocycles. The molecule has 0 fully saturated rings. The van der Waals surface area contributed by atoms with Gasteiger partial charge in [-0.1, -0.05) is 23.8 Å². The molecule has 3 heteroatoms. The summed E-state index contributed by atoms with van der Waals surface area (Å²) in [6.07, 6.45) is 3.68. The van der Waals surface area contributed by atoms with E-state index in [2.05, 4.69) is 0 Å². The normalized spacial score (nSPS) is 10.8. The zero-order valence-corrected chi connectivity index (χ0v) is 7.94. The predicted octanol–water partition coefficient (Wildman–Crippen LogP) is 3.17. The Bertz CT molecular complexity index is 295. The minimum atomic E-state index is 0.478. The van der Waals surface area contributed by atoms with Crippen molar-refractivity contribution in [1.29, 1.82) is 0 Å². The van der Waals surface area contributed by atoms with Gasteiger partial charge in [0.1, 0.15) is 0 Å². The average Bonchev–Trinajstić information content (AvgIpc) is 2.07.